The molecule has 5 nitrogen and oxygen atoms in total. The zero-order valence-electron chi connectivity index (χ0n) is 12.6. The van der Waals surface area contributed by atoms with E-state index in [1.807, 2.05) is 32.0 Å². The minimum Gasteiger partial charge on any atom is -0.398 e. The van der Waals surface area contributed by atoms with Crippen LogP contribution in [0, 0.1) is 6.92 Å². The standard InChI is InChI=1S/C16H21N3O2/c1-3-20-16(9-4-5-10-16)15-18-14(21-19-15)13-11(2)7-6-8-12(13)17/h6-8H,3-5,9-10,17H2,1-2H3. The van der Waals surface area contributed by atoms with Crippen molar-refractivity contribution in [2.45, 2.75) is 45.1 Å². The average Bonchev–Trinajstić information content (AvgIpc) is 3.09. The fourth-order valence-corrected chi connectivity index (χ4v) is 3.15. The van der Waals surface area contributed by atoms with Gasteiger partial charge in [-0.05, 0) is 51.2 Å². The minimum atomic E-state index is -0.381. The molecule has 3 rings (SSSR count). The van der Waals surface area contributed by atoms with E-state index in [1.54, 1.807) is 0 Å². The summed E-state index contributed by atoms with van der Waals surface area (Å²) in [4.78, 5) is 4.59. The van der Waals surface area contributed by atoms with Crippen molar-refractivity contribution in [3.05, 3.63) is 29.6 Å². The molecule has 0 bridgehead atoms. The Morgan fingerprint density at radius 1 is 1.33 bits per heavy atom. The third-order valence-corrected chi connectivity index (χ3v) is 4.18. The van der Waals surface area contributed by atoms with Gasteiger partial charge in [0.1, 0.15) is 5.60 Å². The molecule has 1 saturated carbocycles. The largest absolute Gasteiger partial charge is 0.398 e. The molecule has 1 fully saturated rings. The molecule has 21 heavy (non-hydrogen) atoms. The number of anilines is 1. The Morgan fingerprint density at radius 3 is 2.76 bits per heavy atom. The van der Waals surface area contributed by atoms with E-state index in [2.05, 4.69) is 10.1 Å². The highest BCUT2D eigenvalue weighted by molar-refractivity contribution is 5.73. The molecule has 1 aromatic carbocycles. The van der Waals surface area contributed by atoms with E-state index in [9.17, 15) is 0 Å². The fourth-order valence-electron chi connectivity index (χ4n) is 3.15. The van der Waals surface area contributed by atoms with Crippen molar-refractivity contribution < 1.29 is 9.26 Å². The van der Waals surface area contributed by atoms with Crippen LogP contribution in [0.4, 0.5) is 5.69 Å². The lowest BCUT2D eigenvalue weighted by molar-refractivity contribution is -0.0469. The third kappa shape index (κ3) is 2.42. The Hall–Kier alpha value is -1.88. The van der Waals surface area contributed by atoms with Crippen molar-refractivity contribution in [2.75, 3.05) is 12.3 Å². The predicted molar refractivity (Wildman–Crippen MR) is 80.7 cm³/mol. The number of ether oxygens (including phenoxy) is 1. The van der Waals surface area contributed by atoms with E-state index in [-0.39, 0.29) is 5.60 Å². The number of benzene rings is 1. The number of hydrogen-bond donors (Lipinski definition) is 1. The number of nitrogen functional groups attached to an aromatic ring is 1. The lowest BCUT2D eigenvalue weighted by Crippen LogP contribution is -2.27. The first kappa shape index (κ1) is 14.1. The summed E-state index contributed by atoms with van der Waals surface area (Å²) in [6, 6.07) is 5.76. The van der Waals surface area contributed by atoms with Crippen LogP contribution in [-0.2, 0) is 10.3 Å². The van der Waals surface area contributed by atoms with E-state index < -0.39 is 0 Å². The van der Waals surface area contributed by atoms with Crippen molar-refractivity contribution in [1.29, 1.82) is 0 Å². The Kier molecular flexibility index (Phi) is 3.68. The first-order valence-corrected chi connectivity index (χ1v) is 7.50. The molecule has 112 valence electrons. The highest BCUT2D eigenvalue weighted by Gasteiger charge is 2.41. The lowest BCUT2D eigenvalue weighted by atomic mass is 10.0. The normalized spacial score (nSPS) is 17.2. The molecule has 1 aromatic heterocycles. The number of nitrogens with two attached hydrogens (primary N) is 1. The van der Waals surface area contributed by atoms with Crippen LogP contribution in [-0.4, -0.2) is 16.7 Å². The second-order valence-corrected chi connectivity index (χ2v) is 5.60. The van der Waals surface area contributed by atoms with Crippen molar-refractivity contribution in [3.8, 4) is 11.5 Å². The van der Waals surface area contributed by atoms with E-state index in [1.165, 1.54) is 0 Å². The molecular formula is C16H21N3O2. The second kappa shape index (κ2) is 5.48. The molecule has 0 unspecified atom stereocenters. The summed E-state index contributed by atoms with van der Waals surface area (Å²) >= 11 is 0. The number of rotatable bonds is 4. The molecule has 1 heterocycles. The number of aromatic nitrogens is 2. The van der Waals surface area contributed by atoms with Gasteiger partial charge in [-0.3, -0.25) is 0 Å². The van der Waals surface area contributed by atoms with Crippen molar-refractivity contribution >= 4 is 5.69 Å². The molecule has 0 saturated heterocycles. The zero-order chi connectivity index (χ0) is 14.9. The Bertz CT molecular complexity index is 610. The highest BCUT2D eigenvalue weighted by atomic mass is 16.5. The minimum absolute atomic E-state index is 0.381. The molecular weight excluding hydrogens is 266 g/mol. The fraction of sp³-hybridized carbons (Fsp3) is 0.500. The number of nitrogens with zero attached hydrogens (tertiary/aromatic N) is 2. The maximum absolute atomic E-state index is 6.05. The third-order valence-electron chi connectivity index (χ3n) is 4.18. The van der Waals surface area contributed by atoms with E-state index in [0.29, 0.717) is 24.0 Å². The summed E-state index contributed by atoms with van der Waals surface area (Å²) in [6.45, 7) is 4.64. The lowest BCUT2D eigenvalue weighted by Gasteiger charge is -2.24. The second-order valence-electron chi connectivity index (χ2n) is 5.60. The average molecular weight is 287 g/mol. The smallest absolute Gasteiger partial charge is 0.260 e. The zero-order valence-corrected chi connectivity index (χ0v) is 12.6. The quantitative estimate of drug-likeness (QED) is 0.872. The van der Waals surface area contributed by atoms with Crippen LogP contribution in [0.5, 0.6) is 0 Å². The van der Waals surface area contributed by atoms with Crippen LogP contribution >= 0.6 is 0 Å². The van der Waals surface area contributed by atoms with Crippen molar-refractivity contribution in [3.63, 3.8) is 0 Å². The summed E-state index contributed by atoms with van der Waals surface area (Å²) < 4.78 is 11.4. The summed E-state index contributed by atoms with van der Waals surface area (Å²) in [6.07, 6.45) is 4.17. The van der Waals surface area contributed by atoms with E-state index in [4.69, 9.17) is 15.0 Å². The van der Waals surface area contributed by atoms with Gasteiger partial charge < -0.3 is 15.0 Å². The van der Waals surface area contributed by atoms with Crippen LogP contribution in [0.3, 0.4) is 0 Å². The molecule has 0 spiro atoms. The maximum Gasteiger partial charge on any atom is 0.260 e. The van der Waals surface area contributed by atoms with E-state index >= 15 is 0 Å². The van der Waals surface area contributed by atoms with Gasteiger partial charge in [-0.15, -0.1) is 0 Å². The van der Waals surface area contributed by atoms with E-state index in [0.717, 1.165) is 36.8 Å². The van der Waals surface area contributed by atoms with Crippen LogP contribution < -0.4 is 5.73 Å². The number of hydrogen-bond acceptors (Lipinski definition) is 5. The van der Waals surface area contributed by atoms with Crippen LogP contribution in [0.2, 0.25) is 0 Å². The first-order valence-electron chi connectivity index (χ1n) is 7.50. The molecule has 2 N–H and O–H groups in total. The summed E-state index contributed by atoms with van der Waals surface area (Å²) in [5, 5.41) is 4.18. The van der Waals surface area contributed by atoms with Crippen molar-refractivity contribution in [2.24, 2.45) is 0 Å². The van der Waals surface area contributed by atoms with Crippen LogP contribution in [0.15, 0.2) is 22.7 Å². The van der Waals surface area contributed by atoms with Gasteiger partial charge in [0.15, 0.2) is 0 Å². The van der Waals surface area contributed by atoms with Gasteiger partial charge >= 0.3 is 0 Å². The summed E-state index contributed by atoms with van der Waals surface area (Å²) in [5.74, 6) is 1.13. The molecule has 0 radical (unpaired) electrons. The molecule has 0 amide bonds. The van der Waals surface area contributed by atoms with Crippen LogP contribution in [0.1, 0.15) is 44.0 Å². The molecule has 0 aliphatic heterocycles. The highest BCUT2D eigenvalue weighted by Crippen LogP contribution is 2.41. The Morgan fingerprint density at radius 2 is 2.10 bits per heavy atom. The van der Waals surface area contributed by atoms with Gasteiger partial charge in [0.05, 0.1) is 5.56 Å². The molecule has 2 aromatic rings. The van der Waals surface area contributed by atoms with Gasteiger partial charge in [0.2, 0.25) is 5.82 Å². The Balaban J connectivity index is 2.00. The summed E-state index contributed by atoms with van der Waals surface area (Å²) in [7, 11) is 0. The van der Waals surface area contributed by atoms with Gasteiger partial charge in [-0.1, -0.05) is 17.3 Å². The van der Waals surface area contributed by atoms with Gasteiger partial charge in [-0.25, -0.2) is 0 Å². The first-order chi connectivity index (χ1) is 10.2. The monoisotopic (exact) mass is 287 g/mol. The SMILES string of the molecule is CCOC1(c2noc(-c3c(C)cccc3N)n2)CCCC1. The molecule has 5 heteroatoms. The molecule has 1 aliphatic carbocycles. The van der Waals surface area contributed by atoms with Gasteiger partial charge in [-0.2, -0.15) is 4.98 Å². The summed E-state index contributed by atoms with van der Waals surface area (Å²) in [5.41, 5.74) is 8.17. The topological polar surface area (TPSA) is 74.2 Å². The van der Waals surface area contributed by atoms with Gasteiger partial charge in [0.25, 0.3) is 5.89 Å². The van der Waals surface area contributed by atoms with Crippen LogP contribution in [0.25, 0.3) is 11.5 Å². The maximum atomic E-state index is 6.05. The molecule has 0 atom stereocenters. The van der Waals surface area contributed by atoms with Crippen molar-refractivity contribution in [1.82, 2.24) is 10.1 Å². The van der Waals surface area contributed by atoms with Gasteiger partial charge in [0, 0.05) is 12.3 Å². The predicted octanol–water partition coefficient (Wildman–Crippen LogP) is 3.43. The number of aryl methyl sites for hydroxylation is 1. The Labute approximate surface area is 124 Å². The molecule has 1 aliphatic rings.